The van der Waals surface area contributed by atoms with Crippen molar-refractivity contribution >= 4 is 27.5 Å². The average Bonchev–Trinajstić information content (AvgIpc) is 2.55. The van der Waals surface area contributed by atoms with Gasteiger partial charge in [0.25, 0.3) is 5.69 Å². The smallest absolute Gasteiger partial charge is 0.258 e. The normalized spacial score (nSPS) is 17.3. The lowest BCUT2D eigenvalue weighted by Gasteiger charge is -2.25. The number of hydrogen-bond acceptors (Lipinski definition) is 5. The molecule has 1 unspecified atom stereocenters. The maximum absolute atomic E-state index is 13.5. The van der Waals surface area contributed by atoms with Crippen LogP contribution in [0.2, 0.25) is 0 Å². The summed E-state index contributed by atoms with van der Waals surface area (Å²) in [5.41, 5.74) is 0.423. The van der Waals surface area contributed by atoms with E-state index in [4.69, 9.17) is 0 Å². The van der Waals surface area contributed by atoms with E-state index in [1.54, 1.807) is 17.8 Å². The minimum Gasteiger partial charge on any atom is -0.258 e. The number of non-ortho nitro benzene ring substituents is 1. The first kappa shape index (κ1) is 16.9. The van der Waals surface area contributed by atoms with E-state index in [1.807, 2.05) is 0 Å². The van der Waals surface area contributed by atoms with E-state index >= 15 is 0 Å². The molecule has 2 aromatic carbocycles. The first-order valence-corrected chi connectivity index (χ1v) is 9.53. The standard InChI is InChI=1S/C15H13FN2O4S2/c16-10-1-6-15-13(9-10)14(7-8-23-15)17-24(21,22)12-4-2-11(3-5-12)18(19)20/h1-6,9,14,17H,7-8H2. The predicted octanol–water partition coefficient (Wildman–Crippen LogP) is 3.25. The summed E-state index contributed by atoms with van der Waals surface area (Å²) in [4.78, 5) is 10.8. The lowest BCUT2D eigenvalue weighted by Crippen LogP contribution is -2.30. The van der Waals surface area contributed by atoms with Crippen molar-refractivity contribution in [1.82, 2.24) is 4.72 Å². The molecule has 0 amide bonds. The van der Waals surface area contributed by atoms with Gasteiger partial charge in [0.2, 0.25) is 10.0 Å². The topological polar surface area (TPSA) is 89.3 Å². The number of nitro benzene ring substituents is 1. The van der Waals surface area contributed by atoms with E-state index in [0.717, 1.165) is 17.0 Å². The van der Waals surface area contributed by atoms with Crippen LogP contribution in [0.25, 0.3) is 0 Å². The van der Waals surface area contributed by atoms with Crippen LogP contribution in [0.1, 0.15) is 18.0 Å². The Labute approximate surface area is 142 Å². The molecule has 9 heteroatoms. The Morgan fingerprint density at radius 2 is 1.92 bits per heavy atom. The van der Waals surface area contributed by atoms with Crippen molar-refractivity contribution in [2.45, 2.75) is 22.3 Å². The fraction of sp³-hybridized carbons (Fsp3) is 0.200. The SMILES string of the molecule is O=[N+]([O-])c1ccc(S(=O)(=O)NC2CCSc3ccc(F)cc32)cc1. The number of fused-ring (bicyclic) bond motifs is 1. The number of rotatable bonds is 4. The molecular weight excluding hydrogens is 355 g/mol. The molecular formula is C15H13FN2O4S2. The number of sulfonamides is 1. The predicted molar refractivity (Wildman–Crippen MR) is 87.9 cm³/mol. The van der Waals surface area contributed by atoms with Gasteiger partial charge in [-0.1, -0.05) is 0 Å². The average molecular weight is 368 g/mol. The summed E-state index contributed by atoms with van der Waals surface area (Å²) in [6.07, 6.45) is 0.535. The van der Waals surface area contributed by atoms with Crippen molar-refractivity contribution < 1.29 is 17.7 Å². The molecule has 2 aromatic rings. The van der Waals surface area contributed by atoms with Crippen LogP contribution in [0.5, 0.6) is 0 Å². The third-order valence-electron chi connectivity index (χ3n) is 3.67. The lowest BCUT2D eigenvalue weighted by atomic mass is 10.0. The molecule has 0 saturated heterocycles. The van der Waals surface area contributed by atoms with Gasteiger partial charge in [-0.25, -0.2) is 17.5 Å². The maximum Gasteiger partial charge on any atom is 0.269 e. The van der Waals surface area contributed by atoms with Crippen LogP contribution in [0.3, 0.4) is 0 Å². The van der Waals surface area contributed by atoms with Crippen LogP contribution in [-0.4, -0.2) is 19.1 Å². The highest BCUT2D eigenvalue weighted by atomic mass is 32.2. The summed E-state index contributed by atoms with van der Waals surface area (Å²) in [6.45, 7) is 0. The highest BCUT2D eigenvalue weighted by Crippen LogP contribution is 2.37. The molecule has 0 bridgehead atoms. The van der Waals surface area contributed by atoms with Crippen molar-refractivity contribution in [2.75, 3.05) is 5.75 Å². The molecule has 0 radical (unpaired) electrons. The van der Waals surface area contributed by atoms with E-state index < -0.39 is 26.8 Å². The van der Waals surface area contributed by atoms with Crippen molar-refractivity contribution in [3.63, 3.8) is 0 Å². The Hall–Kier alpha value is -1.97. The van der Waals surface area contributed by atoms with Gasteiger partial charge in [0.15, 0.2) is 0 Å². The number of benzene rings is 2. The number of nitrogens with zero attached hydrogens (tertiary/aromatic N) is 1. The zero-order valence-electron chi connectivity index (χ0n) is 12.3. The number of nitro groups is 1. The van der Waals surface area contributed by atoms with Crippen molar-refractivity contribution in [1.29, 1.82) is 0 Å². The minimum absolute atomic E-state index is 0.0655. The van der Waals surface area contributed by atoms with Gasteiger partial charge < -0.3 is 0 Å². The highest BCUT2D eigenvalue weighted by Gasteiger charge is 2.27. The van der Waals surface area contributed by atoms with E-state index in [-0.39, 0.29) is 10.6 Å². The molecule has 1 atom stereocenters. The van der Waals surface area contributed by atoms with Crippen molar-refractivity contribution in [3.05, 3.63) is 64.0 Å². The largest absolute Gasteiger partial charge is 0.269 e. The third kappa shape index (κ3) is 3.42. The van der Waals surface area contributed by atoms with Crippen LogP contribution < -0.4 is 4.72 Å². The summed E-state index contributed by atoms with van der Waals surface area (Å²) in [6, 6.07) is 8.44. The van der Waals surface area contributed by atoms with Gasteiger partial charge in [0, 0.05) is 23.1 Å². The van der Waals surface area contributed by atoms with Crippen molar-refractivity contribution in [3.8, 4) is 0 Å². The fourth-order valence-corrected chi connectivity index (χ4v) is 4.85. The van der Waals surface area contributed by atoms with Gasteiger partial charge >= 0.3 is 0 Å². The highest BCUT2D eigenvalue weighted by molar-refractivity contribution is 7.99. The molecule has 6 nitrogen and oxygen atoms in total. The number of nitrogens with one attached hydrogen (secondary N) is 1. The molecule has 3 rings (SSSR count). The zero-order valence-corrected chi connectivity index (χ0v) is 13.9. The van der Waals surface area contributed by atoms with Gasteiger partial charge in [-0.3, -0.25) is 10.1 Å². The van der Waals surface area contributed by atoms with Crippen LogP contribution >= 0.6 is 11.8 Å². The molecule has 0 aromatic heterocycles. The van der Waals surface area contributed by atoms with Gasteiger partial charge in [-0.2, -0.15) is 0 Å². The number of hydrogen-bond donors (Lipinski definition) is 1. The Balaban J connectivity index is 1.88. The monoisotopic (exact) mass is 368 g/mol. The molecule has 0 spiro atoms. The van der Waals surface area contributed by atoms with Gasteiger partial charge in [-0.05, 0) is 48.1 Å². The first-order chi connectivity index (χ1) is 11.4. The molecule has 24 heavy (non-hydrogen) atoms. The Kier molecular flexibility index (Phi) is 4.57. The van der Waals surface area contributed by atoms with Crippen LogP contribution in [-0.2, 0) is 10.0 Å². The molecule has 0 aliphatic carbocycles. The summed E-state index contributed by atoms with van der Waals surface area (Å²) < 4.78 is 41.0. The molecule has 1 aliphatic heterocycles. The van der Waals surface area contributed by atoms with Crippen LogP contribution in [0.15, 0.2) is 52.3 Å². The minimum atomic E-state index is -3.86. The molecule has 0 fully saturated rings. The van der Waals surface area contributed by atoms with Gasteiger partial charge in [-0.15, -0.1) is 11.8 Å². The Morgan fingerprint density at radius 1 is 1.21 bits per heavy atom. The Bertz CT molecular complexity index is 885. The number of halogens is 1. The van der Waals surface area contributed by atoms with E-state index in [9.17, 15) is 22.9 Å². The zero-order chi connectivity index (χ0) is 17.3. The summed E-state index contributed by atoms with van der Waals surface area (Å²) in [7, 11) is -3.86. The molecule has 1 heterocycles. The summed E-state index contributed by atoms with van der Waals surface area (Å²) in [5, 5.41) is 10.7. The second kappa shape index (κ2) is 6.50. The van der Waals surface area contributed by atoms with E-state index in [0.29, 0.717) is 17.7 Å². The quantitative estimate of drug-likeness (QED) is 0.661. The van der Waals surface area contributed by atoms with Gasteiger partial charge in [0.1, 0.15) is 5.82 Å². The second-order valence-electron chi connectivity index (χ2n) is 5.24. The number of thioether (sulfide) groups is 1. The van der Waals surface area contributed by atoms with Crippen LogP contribution in [0, 0.1) is 15.9 Å². The van der Waals surface area contributed by atoms with E-state index in [1.165, 1.54) is 24.3 Å². The van der Waals surface area contributed by atoms with Gasteiger partial charge in [0.05, 0.1) is 9.82 Å². The Morgan fingerprint density at radius 3 is 2.58 bits per heavy atom. The summed E-state index contributed by atoms with van der Waals surface area (Å²) in [5.74, 6) is 0.294. The molecule has 126 valence electrons. The molecule has 1 N–H and O–H groups in total. The summed E-state index contributed by atoms with van der Waals surface area (Å²) >= 11 is 1.55. The maximum atomic E-state index is 13.5. The fourth-order valence-electron chi connectivity index (χ4n) is 2.49. The molecule has 0 saturated carbocycles. The third-order valence-corrected chi connectivity index (χ3v) is 6.28. The van der Waals surface area contributed by atoms with Crippen LogP contribution in [0.4, 0.5) is 10.1 Å². The van der Waals surface area contributed by atoms with E-state index in [2.05, 4.69) is 4.72 Å². The van der Waals surface area contributed by atoms with Crippen molar-refractivity contribution in [2.24, 2.45) is 0 Å². The first-order valence-electron chi connectivity index (χ1n) is 7.06. The lowest BCUT2D eigenvalue weighted by molar-refractivity contribution is -0.384. The second-order valence-corrected chi connectivity index (χ2v) is 8.09. The molecule has 1 aliphatic rings.